The topological polar surface area (TPSA) is 41.5 Å². The van der Waals surface area contributed by atoms with E-state index < -0.39 is 5.60 Å². The van der Waals surface area contributed by atoms with Crippen molar-refractivity contribution in [2.75, 3.05) is 6.61 Å². The van der Waals surface area contributed by atoms with Crippen LogP contribution in [0.2, 0.25) is 0 Å². The zero-order valence-corrected chi connectivity index (χ0v) is 13.8. The van der Waals surface area contributed by atoms with E-state index in [9.17, 15) is 5.11 Å². The van der Waals surface area contributed by atoms with Gasteiger partial charge in [-0.25, -0.2) is 0 Å². The van der Waals surface area contributed by atoms with Crippen molar-refractivity contribution in [2.24, 2.45) is 0 Å². The molecule has 0 spiro atoms. The van der Waals surface area contributed by atoms with Gasteiger partial charge in [-0.2, -0.15) is 0 Å². The van der Waals surface area contributed by atoms with Crippen LogP contribution in [0, 0.1) is 13.8 Å². The fourth-order valence-electron chi connectivity index (χ4n) is 2.58. The van der Waals surface area contributed by atoms with Gasteiger partial charge in [0.2, 0.25) is 0 Å². The second kappa shape index (κ2) is 6.80. The zero-order chi connectivity index (χ0) is 15.5. The van der Waals surface area contributed by atoms with Crippen LogP contribution in [0.5, 0.6) is 5.75 Å². The molecule has 2 N–H and O–H groups in total. The lowest BCUT2D eigenvalue weighted by atomic mass is 9.99. The summed E-state index contributed by atoms with van der Waals surface area (Å²) in [6.07, 6.45) is 4.05. The van der Waals surface area contributed by atoms with Gasteiger partial charge >= 0.3 is 0 Å². The fourth-order valence-corrected chi connectivity index (χ4v) is 2.58. The van der Waals surface area contributed by atoms with Crippen LogP contribution in [-0.2, 0) is 6.54 Å². The summed E-state index contributed by atoms with van der Waals surface area (Å²) in [6, 6.07) is 5.11. The Bertz CT molecular complexity index is 453. The molecule has 1 aliphatic carbocycles. The molecule has 0 bridgehead atoms. The summed E-state index contributed by atoms with van der Waals surface area (Å²) in [6.45, 7) is 9.46. The van der Waals surface area contributed by atoms with Crippen molar-refractivity contribution in [1.29, 1.82) is 0 Å². The van der Waals surface area contributed by atoms with Crippen molar-refractivity contribution in [3.05, 3.63) is 28.8 Å². The van der Waals surface area contributed by atoms with Gasteiger partial charge in [0, 0.05) is 12.6 Å². The van der Waals surface area contributed by atoms with E-state index in [0.717, 1.165) is 29.5 Å². The molecular formula is C18H29NO2. The Morgan fingerprint density at radius 1 is 1.19 bits per heavy atom. The lowest BCUT2D eigenvalue weighted by Gasteiger charge is -2.26. The van der Waals surface area contributed by atoms with Crippen LogP contribution in [0.1, 0.15) is 56.2 Å². The molecule has 1 aromatic carbocycles. The van der Waals surface area contributed by atoms with Gasteiger partial charge in [-0.05, 0) is 56.2 Å². The highest BCUT2D eigenvalue weighted by Crippen LogP contribution is 2.27. The Balaban J connectivity index is 2.02. The molecule has 1 aromatic rings. The summed E-state index contributed by atoms with van der Waals surface area (Å²) in [5, 5.41) is 13.9. The minimum Gasteiger partial charge on any atom is -0.490 e. The predicted molar refractivity (Wildman–Crippen MR) is 86.8 cm³/mol. The molecule has 3 nitrogen and oxygen atoms in total. The fraction of sp³-hybridized carbons (Fsp3) is 0.667. The SMILES string of the molecule is CCC(O)(CC)COc1c(C)cc(CNC2CC2)cc1C. The van der Waals surface area contributed by atoms with Gasteiger partial charge in [0.15, 0.2) is 0 Å². The third-order valence-corrected chi connectivity index (χ3v) is 4.49. The van der Waals surface area contributed by atoms with Crippen molar-refractivity contribution in [3.63, 3.8) is 0 Å². The van der Waals surface area contributed by atoms with E-state index in [0.29, 0.717) is 19.4 Å². The molecule has 0 aromatic heterocycles. The zero-order valence-electron chi connectivity index (χ0n) is 13.8. The van der Waals surface area contributed by atoms with Crippen molar-refractivity contribution >= 4 is 0 Å². The molecule has 2 rings (SSSR count). The Kier molecular flexibility index (Phi) is 5.28. The maximum absolute atomic E-state index is 10.3. The van der Waals surface area contributed by atoms with Crippen LogP contribution in [-0.4, -0.2) is 23.4 Å². The lowest BCUT2D eigenvalue weighted by molar-refractivity contribution is -0.0117. The number of aliphatic hydroxyl groups is 1. The molecule has 1 aliphatic rings. The van der Waals surface area contributed by atoms with E-state index in [1.54, 1.807) is 0 Å². The summed E-state index contributed by atoms with van der Waals surface area (Å²) >= 11 is 0. The summed E-state index contributed by atoms with van der Waals surface area (Å²) < 4.78 is 5.94. The summed E-state index contributed by atoms with van der Waals surface area (Å²) in [7, 11) is 0. The number of hydrogen-bond acceptors (Lipinski definition) is 3. The molecule has 118 valence electrons. The van der Waals surface area contributed by atoms with Crippen molar-refractivity contribution in [1.82, 2.24) is 5.32 Å². The van der Waals surface area contributed by atoms with E-state index in [1.165, 1.54) is 18.4 Å². The predicted octanol–water partition coefficient (Wildman–Crippen LogP) is 3.49. The molecule has 1 saturated carbocycles. The lowest BCUT2D eigenvalue weighted by Crippen LogP contribution is -2.34. The average molecular weight is 291 g/mol. The molecule has 0 heterocycles. The summed E-state index contributed by atoms with van der Waals surface area (Å²) in [5.74, 6) is 0.922. The van der Waals surface area contributed by atoms with Gasteiger partial charge < -0.3 is 15.2 Å². The Hall–Kier alpha value is -1.06. The van der Waals surface area contributed by atoms with Crippen molar-refractivity contribution in [3.8, 4) is 5.75 Å². The number of nitrogens with one attached hydrogen (secondary N) is 1. The highest BCUT2D eigenvalue weighted by Gasteiger charge is 2.24. The van der Waals surface area contributed by atoms with E-state index >= 15 is 0 Å². The maximum Gasteiger partial charge on any atom is 0.125 e. The molecule has 0 aliphatic heterocycles. The Morgan fingerprint density at radius 3 is 2.24 bits per heavy atom. The molecule has 1 fully saturated rings. The van der Waals surface area contributed by atoms with Crippen LogP contribution in [0.25, 0.3) is 0 Å². The van der Waals surface area contributed by atoms with Crippen LogP contribution < -0.4 is 10.1 Å². The van der Waals surface area contributed by atoms with Gasteiger partial charge in [0.1, 0.15) is 12.4 Å². The first-order valence-electron chi connectivity index (χ1n) is 8.16. The largest absolute Gasteiger partial charge is 0.490 e. The molecule has 0 radical (unpaired) electrons. The van der Waals surface area contributed by atoms with Crippen LogP contribution >= 0.6 is 0 Å². The monoisotopic (exact) mass is 291 g/mol. The van der Waals surface area contributed by atoms with E-state index in [1.807, 2.05) is 13.8 Å². The second-order valence-electron chi connectivity index (χ2n) is 6.43. The molecule has 3 heteroatoms. The summed E-state index contributed by atoms with van der Waals surface area (Å²) in [5.41, 5.74) is 2.89. The Morgan fingerprint density at radius 2 is 1.76 bits per heavy atom. The van der Waals surface area contributed by atoms with Gasteiger partial charge in [0.25, 0.3) is 0 Å². The highest BCUT2D eigenvalue weighted by atomic mass is 16.5. The van der Waals surface area contributed by atoms with Crippen LogP contribution in [0.3, 0.4) is 0 Å². The van der Waals surface area contributed by atoms with Crippen molar-refractivity contribution < 1.29 is 9.84 Å². The Labute approximate surface area is 128 Å². The van der Waals surface area contributed by atoms with Gasteiger partial charge in [-0.15, -0.1) is 0 Å². The number of hydrogen-bond donors (Lipinski definition) is 2. The maximum atomic E-state index is 10.3. The van der Waals surface area contributed by atoms with E-state index in [4.69, 9.17) is 4.74 Å². The van der Waals surface area contributed by atoms with Crippen LogP contribution in [0.15, 0.2) is 12.1 Å². The van der Waals surface area contributed by atoms with E-state index in [-0.39, 0.29) is 0 Å². The van der Waals surface area contributed by atoms with Gasteiger partial charge in [0.05, 0.1) is 5.60 Å². The van der Waals surface area contributed by atoms with Crippen LogP contribution in [0.4, 0.5) is 0 Å². The third kappa shape index (κ3) is 4.45. The number of benzene rings is 1. The van der Waals surface area contributed by atoms with E-state index in [2.05, 4.69) is 31.3 Å². The number of rotatable bonds is 8. The highest BCUT2D eigenvalue weighted by molar-refractivity contribution is 5.43. The molecule has 0 saturated heterocycles. The molecule has 0 atom stereocenters. The average Bonchev–Trinajstić information content (AvgIpc) is 3.28. The molecule has 0 amide bonds. The minimum atomic E-state index is -0.717. The number of ether oxygens (including phenoxy) is 1. The molecule has 0 unspecified atom stereocenters. The number of aryl methyl sites for hydroxylation is 2. The quantitative estimate of drug-likeness (QED) is 0.770. The van der Waals surface area contributed by atoms with Gasteiger partial charge in [-0.1, -0.05) is 26.0 Å². The van der Waals surface area contributed by atoms with Crippen molar-refractivity contribution in [2.45, 2.75) is 71.6 Å². The standard InChI is InChI=1S/C18H29NO2/c1-5-18(20,6-2)12-21-17-13(3)9-15(10-14(17)4)11-19-16-7-8-16/h9-10,16,19-20H,5-8,11-12H2,1-4H3. The summed E-state index contributed by atoms with van der Waals surface area (Å²) in [4.78, 5) is 0. The third-order valence-electron chi connectivity index (χ3n) is 4.49. The smallest absolute Gasteiger partial charge is 0.125 e. The normalized spacial score (nSPS) is 15.3. The minimum absolute atomic E-state index is 0.362. The second-order valence-corrected chi connectivity index (χ2v) is 6.43. The van der Waals surface area contributed by atoms with Gasteiger partial charge in [-0.3, -0.25) is 0 Å². The first-order valence-corrected chi connectivity index (χ1v) is 8.16. The molecule has 21 heavy (non-hydrogen) atoms. The molecular weight excluding hydrogens is 262 g/mol. The first kappa shape index (κ1) is 16.3. The first-order chi connectivity index (χ1) is 9.97.